The van der Waals surface area contributed by atoms with Crippen LogP contribution < -0.4 is 5.32 Å². The van der Waals surface area contributed by atoms with E-state index in [2.05, 4.69) is 5.32 Å². The van der Waals surface area contributed by atoms with Gasteiger partial charge < -0.3 is 10.4 Å². The smallest absolute Gasteiger partial charge is 0.338 e. The summed E-state index contributed by atoms with van der Waals surface area (Å²) in [4.78, 5) is 21.2. The van der Waals surface area contributed by atoms with E-state index >= 15 is 0 Å². The van der Waals surface area contributed by atoms with Crippen LogP contribution in [0.15, 0.2) is 12.1 Å². The second-order valence-corrected chi connectivity index (χ2v) is 4.92. The van der Waals surface area contributed by atoms with Crippen LogP contribution >= 0.6 is 0 Å². The summed E-state index contributed by atoms with van der Waals surface area (Å²) in [5, 5.41) is 22.9. The zero-order valence-electron chi connectivity index (χ0n) is 12.2. The van der Waals surface area contributed by atoms with E-state index in [1.165, 1.54) is 0 Å². The predicted molar refractivity (Wildman–Crippen MR) is 77.2 cm³/mol. The number of nitrogens with zero attached hydrogens (tertiary/aromatic N) is 1. The molecule has 1 unspecified atom stereocenters. The molecule has 0 bridgehead atoms. The van der Waals surface area contributed by atoms with Crippen LogP contribution in [0.5, 0.6) is 0 Å². The summed E-state index contributed by atoms with van der Waals surface area (Å²) >= 11 is 0. The van der Waals surface area contributed by atoms with E-state index in [1.807, 2.05) is 20.8 Å². The largest absolute Gasteiger partial charge is 0.478 e. The Bertz CT molecular complexity index is 544. The lowest BCUT2D eigenvalue weighted by atomic mass is 9.95. The van der Waals surface area contributed by atoms with E-state index < -0.39 is 28.0 Å². The number of hydrogen-bond acceptors (Lipinski definition) is 4. The molecule has 7 heteroatoms. The summed E-state index contributed by atoms with van der Waals surface area (Å²) in [5.74, 6) is -2.29. The molecular weight excluding hydrogens is 279 g/mol. The van der Waals surface area contributed by atoms with Crippen LogP contribution in [-0.2, 0) is 0 Å². The van der Waals surface area contributed by atoms with Gasteiger partial charge in [0.05, 0.1) is 16.6 Å². The number of carboxylic acids is 1. The molecule has 1 aromatic carbocycles. The zero-order valence-corrected chi connectivity index (χ0v) is 12.2. The molecule has 0 aliphatic rings. The van der Waals surface area contributed by atoms with E-state index in [9.17, 15) is 19.3 Å². The Labute approximate surface area is 122 Å². The minimum atomic E-state index is -1.46. The molecule has 1 rings (SSSR count). The number of halogens is 1. The Kier molecular flexibility index (Phi) is 5.63. The first kappa shape index (κ1) is 16.9. The van der Waals surface area contributed by atoms with E-state index in [4.69, 9.17) is 5.11 Å². The van der Waals surface area contributed by atoms with Crippen LogP contribution in [0.2, 0.25) is 0 Å². The van der Waals surface area contributed by atoms with Crippen molar-refractivity contribution in [3.8, 4) is 0 Å². The van der Waals surface area contributed by atoms with Gasteiger partial charge in [-0.1, -0.05) is 26.7 Å². The third-order valence-corrected chi connectivity index (χ3v) is 3.65. The van der Waals surface area contributed by atoms with E-state index in [0.29, 0.717) is 6.07 Å². The van der Waals surface area contributed by atoms with Crippen molar-refractivity contribution in [2.24, 2.45) is 5.92 Å². The minimum absolute atomic E-state index is 0.0261. The number of anilines is 1. The molecule has 0 saturated heterocycles. The maximum absolute atomic E-state index is 13.6. The second-order valence-electron chi connectivity index (χ2n) is 4.92. The topological polar surface area (TPSA) is 92.5 Å². The Balaban J connectivity index is 3.22. The lowest BCUT2D eigenvalue weighted by Crippen LogP contribution is -2.25. The minimum Gasteiger partial charge on any atom is -0.478 e. The van der Waals surface area contributed by atoms with Crippen molar-refractivity contribution in [3.05, 3.63) is 33.6 Å². The Morgan fingerprint density at radius 2 is 2.00 bits per heavy atom. The highest BCUT2D eigenvalue weighted by atomic mass is 19.1. The standard InChI is InChI=1S/C14H19FN2O4/c1-4-9(5-2)8(3)16-12-6-10(14(18)19)11(15)7-13(12)17(20)21/h6-9,16H,4-5H2,1-3H3,(H,18,19). The fourth-order valence-electron chi connectivity index (χ4n) is 2.35. The fourth-order valence-corrected chi connectivity index (χ4v) is 2.35. The normalized spacial score (nSPS) is 12.2. The van der Waals surface area contributed by atoms with Crippen LogP contribution in [0.25, 0.3) is 0 Å². The molecule has 6 nitrogen and oxygen atoms in total. The van der Waals surface area contributed by atoms with Crippen molar-refractivity contribution in [1.29, 1.82) is 0 Å². The molecule has 0 aliphatic carbocycles. The van der Waals surface area contributed by atoms with Gasteiger partial charge in [-0.2, -0.15) is 0 Å². The van der Waals surface area contributed by atoms with Crippen LogP contribution in [0.3, 0.4) is 0 Å². The highest BCUT2D eigenvalue weighted by Crippen LogP contribution is 2.30. The molecule has 0 aromatic heterocycles. The monoisotopic (exact) mass is 298 g/mol. The molecule has 2 N–H and O–H groups in total. The van der Waals surface area contributed by atoms with Crippen molar-refractivity contribution < 1.29 is 19.2 Å². The van der Waals surface area contributed by atoms with Crippen LogP contribution in [0, 0.1) is 21.8 Å². The fraction of sp³-hybridized carbons (Fsp3) is 0.500. The van der Waals surface area contributed by atoms with Crippen molar-refractivity contribution in [3.63, 3.8) is 0 Å². The van der Waals surface area contributed by atoms with Crippen molar-refractivity contribution >= 4 is 17.3 Å². The summed E-state index contributed by atoms with van der Waals surface area (Å²) in [6, 6.07) is 1.53. The van der Waals surface area contributed by atoms with Gasteiger partial charge in [-0.15, -0.1) is 0 Å². The first-order chi connectivity index (χ1) is 9.81. The van der Waals surface area contributed by atoms with Gasteiger partial charge in [-0.25, -0.2) is 9.18 Å². The van der Waals surface area contributed by atoms with Crippen molar-refractivity contribution in [2.45, 2.75) is 39.7 Å². The first-order valence-corrected chi connectivity index (χ1v) is 6.79. The molecule has 0 aliphatic heterocycles. The molecule has 0 heterocycles. The van der Waals surface area contributed by atoms with Crippen molar-refractivity contribution in [1.82, 2.24) is 0 Å². The molecule has 0 fully saturated rings. The van der Waals surface area contributed by atoms with Gasteiger partial charge in [-0.05, 0) is 18.9 Å². The SMILES string of the molecule is CCC(CC)C(C)Nc1cc(C(=O)O)c(F)cc1[N+](=O)[O-]. The molecule has 0 saturated carbocycles. The van der Waals surface area contributed by atoms with Gasteiger partial charge in [0.1, 0.15) is 11.5 Å². The number of nitro groups is 1. The third-order valence-electron chi connectivity index (χ3n) is 3.65. The number of benzene rings is 1. The molecule has 0 amide bonds. The van der Waals surface area contributed by atoms with Crippen LogP contribution in [0.1, 0.15) is 44.0 Å². The highest BCUT2D eigenvalue weighted by molar-refractivity contribution is 5.90. The maximum Gasteiger partial charge on any atom is 0.338 e. The van der Waals surface area contributed by atoms with Gasteiger partial charge in [0.2, 0.25) is 0 Å². The predicted octanol–water partition coefficient (Wildman–Crippen LogP) is 3.67. The van der Waals surface area contributed by atoms with Gasteiger partial charge in [0.25, 0.3) is 5.69 Å². The summed E-state index contributed by atoms with van der Waals surface area (Å²) < 4.78 is 13.6. The van der Waals surface area contributed by atoms with Crippen LogP contribution in [0.4, 0.5) is 15.8 Å². The summed E-state index contributed by atoms with van der Waals surface area (Å²) in [5.41, 5.74) is -1.02. The van der Waals surface area contributed by atoms with Gasteiger partial charge in [-0.3, -0.25) is 10.1 Å². The van der Waals surface area contributed by atoms with Gasteiger partial charge in [0, 0.05) is 6.04 Å². The number of carbonyl (C=O) groups is 1. The zero-order chi connectivity index (χ0) is 16.2. The number of nitrogens with one attached hydrogen (secondary N) is 1. The van der Waals surface area contributed by atoms with Gasteiger partial charge >= 0.3 is 5.97 Å². The average Bonchev–Trinajstić information content (AvgIpc) is 2.41. The summed E-state index contributed by atoms with van der Waals surface area (Å²) in [7, 11) is 0. The highest BCUT2D eigenvalue weighted by Gasteiger charge is 2.24. The molecular formula is C14H19FN2O4. The van der Waals surface area contributed by atoms with E-state index in [0.717, 1.165) is 18.9 Å². The summed E-state index contributed by atoms with van der Waals surface area (Å²) in [6.45, 7) is 5.88. The lowest BCUT2D eigenvalue weighted by molar-refractivity contribution is -0.384. The van der Waals surface area contributed by atoms with Gasteiger partial charge in [0.15, 0.2) is 0 Å². The molecule has 0 radical (unpaired) electrons. The number of aromatic carboxylic acids is 1. The number of rotatable bonds is 7. The van der Waals surface area contributed by atoms with Crippen LogP contribution in [-0.4, -0.2) is 22.0 Å². The second kappa shape index (κ2) is 7.01. The third kappa shape index (κ3) is 3.90. The Morgan fingerprint density at radius 1 is 1.43 bits per heavy atom. The Hall–Kier alpha value is -2.18. The number of hydrogen-bond donors (Lipinski definition) is 2. The van der Waals surface area contributed by atoms with E-state index in [1.54, 1.807) is 0 Å². The average molecular weight is 298 g/mol. The molecule has 1 atom stereocenters. The molecule has 0 spiro atoms. The Morgan fingerprint density at radius 3 is 2.43 bits per heavy atom. The molecule has 116 valence electrons. The quantitative estimate of drug-likeness (QED) is 0.592. The first-order valence-electron chi connectivity index (χ1n) is 6.79. The molecule has 21 heavy (non-hydrogen) atoms. The lowest BCUT2D eigenvalue weighted by Gasteiger charge is -2.23. The maximum atomic E-state index is 13.6. The number of nitro benzene ring substituents is 1. The summed E-state index contributed by atoms with van der Waals surface area (Å²) in [6.07, 6.45) is 1.76. The van der Waals surface area contributed by atoms with E-state index in [-0.39, 0.29) is 17.6 Å². The van der Waals surface area contributed by atoms with Crippen molar-refractivity contribution in [2.75, 3.05) is 5.32 Å². The number of carboxylic acid groups (broad SMARTS) is 1. The molecule has 1 aromatic rings.